The van der Waals surface area contributed by atoms with Crippen LogP contribution >= 0.6 is 11.3 Å². The van der Waals surface area contributed by atoms with Gasteiger partial charge in [0.2, 0.25) is 0 Å². The normalized spacial score (nSPS) is 14.9. The van der Waals surface area contributed by atoms with Gasteiger partial charge in [-0.15, -0.1) is 0 Å². The van der Waals surface area contributed by atoms with Gasteiger partial charge in [0.25, 0.3) is 0 Å². The van der Waals surface area contributed by atoms with E-state index >= 15 is 0 Å². The fourth-order valence-corrected chi connectivity index (χ4v) is 2.94. The minimum atomic E-state index is 0.0672. The van der Waals surface area contributed by atoms with Crippen LogP contribution in [0.4, 0.5) is 0 Å². The van der Waals surface area contributed by atoms with Gasteiger partial charge in [-0.2, -0.15) is 11.3 Å². The number of hydrogen-bond acceptors (Lipinski definition) is 5. The van der Waals surface area contributed by atoms with E-state index in [2.05, 4.69) is 33.9 Å². The maximum absolute atomic E-state index is 6.11. The highest BCUT2D eigenvalue weighted by Gasteiger charge is 2.22. The molecule has 2 heterocycles. The van der Waals surface area contributed by atoms with Crippen molar-refractivity contribution in [2.75, 3.05) is 7.05 Å². The summed E-state index contributed by atoms with van der Waals surface area (Å²) in [7, 11) is 2.07. The molecule has 5 heteroatoms. The molecule has 0 bridgehead atoms. The van der Waals surface area contributed by atoms with Crippen LogP contribution in [0.15, 0.2) is 27.4 Å². The van der Waals surface area contributed by atoms with Gasteiger partial charge in [-0.25, -0.2) is 0 Å². The maximum Gasteiger partial charge on any atom is 0.133 e. The highest BCUT2D eigenvalue weighted by Crippen LogP contribution is 2.25. The number of rotatable bonds is 5. The molecule has 0 fully saturated rings. The average Bonchev–Trinajstić information content (AvgIpc) is 2.90. The highest BCUT2D eigenvalue weighted by molar-refractivity contribution is 7.07. The van der Waals surface area contributed by atoms with Gasteiger partial charge in [0.05, 0.1) is 11.7 Å². The molecule has 0 aliphatic carbocycles. The first-order valence-electron chi connectivity index (χ1n) is 5.98. The summed E-state index contributed by atoms with van der Waals surface area (Å²) in [6.45, 7) is 4.67. The molecule has 0 spiro atoms. The summed E-state index contributed by atoms with van der Waals surface area (Å²) in [6, 6.07) is 4.36. The van der Waals surface area contributed by atoms with E-state index in [9.17, 15) is 0 Å². The fourth-order valence-electron chi connectivity index (χ4n) is 2.25. The summed E-state index contributed by atoms with van der Waals surface area (Å²) in [5.74, 6) is 0.839. The second-order valence-electron chi connectivity index (χ2n) is 4.70. The van der Waals surface area contributed by atoms with Gasteiger partial charge in [-0.1, -0.05) is 5.16 Å². The maximum atomic E-state index is 6.11. The molecule has 0 aliphatic rings. The number of aryl methyl sites for hydroxylation is 1. The molecule has 0 radical (unpaired) electrons. The van der Waals surface area contributed by atoms with Crippen molar-refractivity contribution in [2.24, 2.45) is 5.73 Å². The average molecular weight is 265 g/mol. The lowest BCUT2D eigenvalue weighted by molar-refractivity contribution is 0.205. The Labute approximate surface area is 111 Å². The van der Waals surface area contributed by atoms with Crippen molar-refractivity contribution in [2.45, 2.75) is 32.5 Å². The molecule has 0 saturated heterocycles. The van der Waals surface area contributed by atoms with E-state index in [0.717, 1.165) is 18.0 Å². The van der Waals surface area contributed by atoms with E-state index in [1.54, 1.807) is 11.3 Å². The van der Waals surface area contributed by atoms with Gasteiger partial charge >= 0.3 is 0 Å². The van der Waals surface area contributed by atoms with Gasteiger partial charge in [-0.05, 0) is 43.3 Å². The van der Waals surface area contributed by atoms with Crippen LogP contribution < -0.4 is 5.73 Å². The molecule has 2 atom stereocenters. The molecule has 2 aromatic rings. The summed E-state index contributed by atoms with van der Waals surface area (Å²) >= 11 is 1.70. The molecule has 0 aromatic carbocycles. The van der Waals surface area contributed by atoms with Crippen LogP contribution in [0.5, 0.6) is 0 Å². The van der Waals surface area contributed by atoms with Gasteiger partial charge in [0.1, 0.15) is 5.76 Å². The highest BCUT2D eigenvalue weighted by atomic mass is 32.1. The Kier molecular flexibility index (Phi) is 4.16. The number of likely N-dealkylation sites (N-methyl/N-ethyl adjacent to an activating group) is 1. The van der Waals surface area contributed by atoms with E-state index < -0.39 is 0 Å². The smallest absolute Gasteiger partial charge is 0.133 e. The number of nitrogens with zero attached hydrogens (tertiary/aromatic N) is 2. The molecule has 98 valence electrons. The number of nitrogens with two attached hydrogens (primary N) is 1. The molecular formula is C13H19N3OS. The predicted molar refractivity (Wildman–Crippen MR) is 73.4 cm³/mol. The monoisotopic (exact) mass is 265 g/mol. The molecule has 18 heavy (non-hydrogen) atoms. The fraction of sp³-hybridized carbons (Fsp3) is 0.462. The third-order valence-corrected chi connectivity index (χ3v) is 3.65. The minimum Gasteiger partial charge on any atom is -0.361 e. The number of thiophene rings is 1. The standard InChI is InChI=1S/C13H19N3OS/c1-9-6-12(15-17-9)7-16(3)13(10(2)14)11-4-5-18-8-11/h4-6,8,10,13H,7,14H2,1-3H3. The summed E-state index contributed by atoms with van der Waals surface area (Å²) in [4.78, 5) is 2.21. The van der Waals surface area contributed by atoms with Crippen LogP contribution in [0.1, 0.15) is 30.0 Å². The van der Waals surface area contributed by atoms with Crippen LogP contribution in [0.3, 0.4) is 0 Å². The van der Waals surface area contributed by atoms with Gasteiger partial charge in [0.15, 0.2) is 0 Å². The lowest BCUT2D eigenvalue weighted by Gasteiger charge is -2.30. The largest absolute Gasteiger partial charge is 0.361 e. The van der Waals surface area contributed by atoms with E-state index in [4.69, 9.17) is 10.3 Å². The van der Waals surface area contributed by atoms with Crippen molar-refractivity contribution in [1.82, 2.24) is 10.1 Å². The topological polar surface area (TPSA) is 55.3 Å². The van der Waals surface area contributed by atoms with Crippen molar-refractivity contribution in [3.05, 3.63) is 39.9 Å². The zero-order valence-electron chi connectivity index (χ0n) is 11.0. The van der Waals surface area contributed by atoms with E-state index in [1.165, 1.54) is 5.56 Å². The van der Waals surface area contributed by atoms with Crippen LogP contribution in [-0.2, 0) is 6.54 Å². The Bertz CT molecular complexity index is 478. The van der Waals surface area contributed by atoms with Crippen molar-refractivity contribution in [3.8, 4) is 0 Å². The molecule has 0 amide bonds. The van der Waals surface area contributed by atoms with Gasteiger partial charge in [0, 0.05) is 18.7 Å². The van der Waals surface area contributed by atoms with Crippen molar-refractivity contribution in [3.63, 3.8) is 0 Å². The Morgan fingerprint density at radius 2 is 2.33 bits per heavy atom. The first kappa shape index (κ1) is 13.3. The molecule has 0 saturated carbocycles. The van der Waals surface area contributed by atoms with E-state index in [-0.39, 0.29) is 12.1 Å². The third-order valence-electron chi connectivity index (χ3n) is 2.95. The summed E-state index contributed by atoms with van der Waals surface area (Å²) in [5.41, 5.74) is 8.31. The Hall–Kier alpha value is -1.17. The second-order valence-corrected chi connectivity index (χ2v) is 5.48. The van der Waals surface area contributed by atoms with Crippen molar-refractivity contribution < 1.29 is 4.52 Å². The summed E-state index contributed by atoms with van der Waals surface area (Å²) < 4.78 is 5.09. The zero-order chi connectivity index (χ0) is 13.1. The Morgan fingerprint density at radius 3 is 2.83 bits per heavy atom. The van der Waals surface area contributed by atoms with Gasteiger partial charge in [-0.3, -0.25) is 4.90 Å². The third kappa shape index (κ3) is 2.98. The van der Waals surface area contributed by atoms with Crippen molar-refractivity contribution >= 4 is 11.3 Å². The second kappa shape index (κ2) is 5.65. The van der Waals surface area contributed by atoms with Gasteiger partial charge < -0.3 is 10.3 Å². The molecule has 4 nitrogen and oxygen atoms in total. The molecule has 2 unspecified atom stereocenters. The van der Waals surface area contributed by atoms with Crippen LogP contribution in [-0.4, -0.2) is 23.1 Å². The lowest BCUT2D eigenvalue weighted by atomic mass is 10.0. The van der Waals surface area contributed by atoms with E-state index in [0.29, 0.717) is 0 Å². The molecule has 0 aliphatic heterocycles. The summed E-state index contributed by atoms with van der Waals surface area (Å²) in [6.07, 6.45) is 0. The molecule has 2 N–H and O–H groups in total. The first-order chi connectivity index (χ1) is 8.58. The zero-order valence-corrected chi connectivity index (χ0v) is 11.8. The van der Waals surface area contributed by atoms with Crippen LogP contribution in [0.2, 0.25) is 0 Å². The SMILES string of the molecule is Cc1cc(CN(C)C(c2ccsc2)C(C)N)no1. The lowest BCUT2D eigenvalue weighted by Crippen LogP contribution is -2.36. The van der Waals surface area contributed by atoms with Crippen molar-refractivity contribution in [1.29, 1.82) is 0 Å². The first-order valence-corrected chi connectivity index (χ1v) is 6.92. The number of aromatic nitrogens is 1. The molecule has 2 aromatic heterocycles. The Morgan fingerprint density at radius 1 is 1.56 bits per heavy atom. The number of hydrogen-bond donors (Lipinski definition) is 1. The van der Waals surface area contributed by atoms with Crippen LogP contribution in [0, 0.1) is 6.92 Å². The minimum absolute atomic E-state index is 0.0672. The van der Waals surface area contributed by atoms with Crippen LogP contribution in [0.25, 0.3) is 0 Å². The molecule has 2 rings (SSSR count). The Balaban J connectivity index is 2.11. The molecular weight excluding hydrogens is 246 g/mol. The summed E-state index contributed by atoms with van der Waals surface area (Å²) in [5, 5.41) is 8.26. The predicted octanol–water partition coefficient (Wildman–Crippen LogP) is 2.56. The van der Waals surface area contributed by atoms with E-state index in [1.807, 2.05) is 19.9 Å². The quantitative estimate of drug-likeness (QED) is 0.902.